The predicted octanol–water partition coefficient (Wildman–Crippen LogP) is 3.99. The molecule has 0 atom stereocenters. The van der Waals surface area contributed by atoms with Crippen LogP contribution in [0.25, 0.3) is 10.6 Å². The van der Waals surface area contributed by atoms with Gasteiger partial charge in [-0.15, -0.1) is 11.3 Å². The first-order chi connectivity index (χ1) is 11.0. The van der Waals surface area contributed by atoms with Crippen molar-refractivity contribution < 1.29 is 9.32 Å². The molecule has 0 radical (unpaired) electrons. The van der Waals surface area contributed by atoms with E-state index in [-0.39, 0.29) is 17.4 Å². The fraction of sp³-hybridized carbons (Fsp3) is 0.125. The molecule has 0 fully saturated rings. The molecular formula is C16H14BrN3O2S. The summed E-state index contributed by atoms with van der Waals surface area (Å²) < 4.78 is 5.95. The number of carbonyl (C=O) groups excluding carboxylic acids is 1. The molecule has 0 bridgehead atoms. The van der Waals surface area contributed by atoms with Crippen molar-refractivity contribution in [2.45, 2.75) is 13.5 Å². The fourth-order valence-corrected chi connectivity index (χ4v) is 3.60. The van der Waals surface area contributed by atoms with Gasteiger partial charge in [-0.3, -0.25) is 4.79 Å². The van der Waals surface area contributed by atoms with E-state index in [1.807, 2.05) is 43.3 Å². The highest BCUT2D eigenvalue weighted by atomic mass is 79.9. The average Bonchev–Trinajstić information content (AvgIpc) is 3.11. The molecule has 1 amide bonds. The number of amides is 1. The summed E-state index contributed by atoms with van der Waals surface area (Å²) in [4.78, 5) is 13.3. The summed E-state index contributed by atoms with van der Waals surface area (Å²) >= 11 is 4.86. The van der Waals surface area contributed by atoms with E-state index in [9.17, 15) is 4.79 Å². The van der Waals surface area contributed by atoms with Gasteiger partial charge in [-0.05, 0) is 40.5 Å². The van der Waals surface area contributed by atoms with Gasteiger partial charge < -0.3 is 15.6 Å². The number of nitrogens with one attached hydrogen (secondary N) is 1. The first kappa shape index (κ1) is 15.8. The maximum Gasteiger partial charge on any atom is 0.259 e. The third-order valence-electron chi connectivity index (χ3n) is 3.29. The Morgan fingerprint density at radius 1 is 1.39 bits per heavy atom. The van der Waals surface area contributed by atoms with Crippen LogP contribution >= 0.6 is 27.3 Å². The second-order valence-corrected chi connectivity index (χ2v) is 7.51. The number of halogens is 1. The van der Waals surface area contributed by atoms with Crippen molar-refractivity contribution in [2.24, 2.45) is 0 Å². The maximum absolute atomic E-state index is 12.5. The van der Waals surface area contributed by atoms with Crippen LogP contribution in [0.1, 0.15) is 21.5 Å². The SMILES string of the molecule is Cc1cccc(CNC(=O)c2c(-c3ccc(Br)s3)noc2N)c1. The van der Waals surface area contributed by atoms with Crippen LogP contribution < -0.4 is 11.1 Å². The molecule has 3 rings (SSSR count). The highest BCUT2D eigenvalue weighted by molar-refractivity contribution is 9.11. The van der Waals surface area contributed by atoms with E-state index in [1.54, 1.807) is 0 Å². The quantitative estimate of drug-likeness (QED) is 0.704. The largest absolute Gasteiger partial charge is 0.367 e. The molecular weight excluding hydrogens is 378 g/mol. The number of rotatable bonds is 4. The topological polar surface area (TPSA) is 81.2 Å². The lowest BCUT2D eigenvalue weighted by Gasteiger charge is -2.06. The number of aryl methyl sites for hydroxylation is 1. The summed E-state index contributed by atoms with van der Waals surface area (Å²) in [6.07, 6.45) is 0. The molecule has 0 saturated carbocycles. The molecule has 3 aromatic rings. The molecule has 7 heteroatoms. The van der Waals surface area contributed by atoms with Gasteiger partial charge in [-0.2, -0.15) is 0 Å². The number of aromatic nitrogens is 1. The third kappa shape index (κ3) is 3.46. The Morgan fingerprint density at radius 3 is 2.91 bits per heavy atom. The normalized spacial score (nSPS) is 10.7. The van der Waals surface area contributed by atoms with Crippen molar-refractivity contribution >= 4 is 39.1 Å². The van der Waals surface area contributed by atoms with Crippen LogP contribution in [0.2, 0.25) is 0 Å². The number of nitrogens with two attached hydrogens (primary N) is 1. The van der Waals surface area contributed by atoms with Gasteiger partial charge in [0, 0.05) is 6.54 Å². The summed E-state index contributed by atoms with van der Waals surface area (Å²) in [5, 5.41) is 6.78. The Kier molecular flexibility index (Phi) is 4.49. The van der Waals surface area contributed by atoms with E-state index in [4.69, 9.17) is 10.3 Å². The standard InChI is InChI=1S/C16H14BrN3O2S/c1-9-3-2-4-10(7-9)8-19-16(21)13-14(20-22-15(13)18)11-5-6-12(17)23-11/h2-7H,8,18H2,1H3,(H,19,21). The van der Waals surface area contributed by atoms with Crippen molar-refractivity contribution in [1.29, 1.82) is 0 Å². The second kappa shape index (κ2) is 6.55. The van der Waals surface area contributed by atoms with Gasteiger partial charge in [-0.1, -0.05) is 35.0 Å². The Labute approximate surface area is 145 Å². The van der Waals surface area contributed by atoms with Gasteiger partial charge in [0.1, 0.15) is 11.3 Å². The van der Waals surface area contributed by atoms with Crippen LogP contribution in [0.3, 0.4) is 0 Å². The molecule has 0 unspecified atom stereocenters. The van der Waals surface area contributed by atoms with Crippen LogP contribution in [0.15, 0.2) is 44.7 Å². The van der Waals surface area contributed by atoms with Gasteiger partial charge in [0.15, 0.2) is 0 Å². The summed E-state index contributed by atoms with van der Waals surface area (Å²) in [6.45, 7) is 2.43. The van der Waals surface area contributed by atoms with Crippen molar-refractivity contribution in [2.75, 3.05) is 5.73 Å². The molecule has 23 heavy (non-hydrogen) atoms. The highest BCUT2D eigenvalue weighted by Crippen LogP contribution is 2.34. The smallest absolute Gasteiger partial charge is 0.259 e. The molecule has 0 aliphatic carbocycles. The monoisotopic (exact) mass is 391 g/mol. The number of nitrogens with zero attached hydrogens (tertiary/aromatic N) is 1. The lowest BCUT2D eigenvalue weighted by atomic mass is 10.1. The minimum absolute atomic E-state index is 0.0197. The van der Waals surface area contributed by atoms with Gasteiger partial charge >= 0.3 is 0 Å². The molecule has 0 aliphatic heterocycles. The minimum Gasteiger partial charge on any atom is -0.367 e. The highest BCUT2D eigenvalue weighted by Gasteiger charge is 2.23. The fourth-order valence-electron chi connectivity index (χ4n) is 2.22. The van der Waals surface area contributed by atoms with Crippen molar-refractivity contribution in [3.63, 3.8) is 0 Å². The van der Waals surface area contributed by atoms with E-state index in [1.165, 1.54) is 11.3 Å². The number of benzene rings is 1. The zero-order valence-corrected chi connectivity index (χ0v) is 14.7. The van der Waals surface area contributed by atoms with Gasteiger partial charge in [0.25, 0.3) is 5.91 Å². The zero-order valence-electron chi connectivity index (χ0n) is 12.3. The molecule has 0 aliphatic rings. The van der Waals surface area contributed by atoms with Crippen molar-refractivity contribution in [3.05, 3.63) is 56.9 Å². The Balaban J connectivity index is 1.81. The number of carbonyl (C=O) groups is 1. The van der Waals surface area contributed by atoms with Gasteiger partial charge in [0.2, 0.25) is 5.88 Å². The molecule has 2 heterocycles. The van der Waals surface area contributed by atoms with Crippen LogP contribution in [0, 0.1) is 6.92 Å². The van der Waals surface area contributed by atoms with Crippen LogP contribution in [-0.2, 0) is 6.54 Å². The van der Waals surface area contributed by atoms with Crippen LogP contribution in [0.5, 0.6) is 0 Å². The molecule has 1 aromatic carbocycles. The number of nitrogen functional groups attached to an aromatic ring is 1. The molecule has 118 valence electrons. The molecule has 3 N–H and O–H groups in total. The van der Waals surface area contributed by atoms with E-state index in [0.29, 0.717) is 12.2 Å². The first-order valence-electron chi connectivity index (χ1n) is 6.89. The Bertz CT molecular complexity index is 857. The third-order valence-corrected chi connectivity index (χ3v) is 4.92. The average molecular weight is 392 g/mol. The summed E-state index contributed by atoms with van der Waals surface area (Å²) in [5.74, 6) is -0.281. The summed E-state index contributed by atoms with van der Waals surface area (Å²) in [6, 6.07) is 11.7. The predicted molar refractivity (Wildman–Crippen MR) is 94.3 cm³/mol. The van der Waals surface area contributed by atoms with Crippen LogP contribution in [-0.4, -0.2) is 11.1 Å². The lowest BCUT2D eigenvalue weighted by molar-refractivity contribution is 0.0952. The van der Waals surface area contributed by atoms with Gasteiger partial charge in [-0.25, -0.2) is 0 Å². The van der Waals surface area contributed by atoms with Crippen molar-refractivity contribution in [1.82, 2.24) is 10.5 Å². The second-order valence-electron chi connectivity index (χ2n) is 5.05. The summed E-state index contributed by atoms with van der Waals surface area (Å²) in [5.41, 5.74) is 8.68. The molecule has 0 spiro atoms. The number of anilines is 1. The molecule has 2 aromatic heterocycles. The summed E-state index contributed by atoms with van der Waals surface area (Å²) in [7, 11) is 0. The van der Waals surface area contributed by atoms with E-state index in [2.05, 4.69) is 26.4 Å². The number of thiophene rings is 1. The van der Waals surface area contributed by atoms with E-state index >= 15 is 0 Å². The molecule has 0 saturated heterocycles. The lowest BCUT2D eigenvalue weighted by Crippen LogP contribution is -2.23. The van der Waals surface area contributed by atoms with E-state index < -0.39 is 0 Å². The number of hydrogen-bond acceptors (Lipinski definition) is 5. The minimum atomic E-state index is -0.301. The zero-order chi connectivity index (χ0) is 16.4. The Hall–Kier alpha value is -2.12. The van der Waals surface area contributed by atoms with Crippen molar-refractivity contribution in [3.8, 4) is 10.6 Å². The maximum atomic E-state index is 12.5. The Morgan fingerprint density at radius 2 is 2.22 bits per heavy atom. The number of hydrogen-bond donors (Lipinski definition) is 2. The van der Waals surface area contributed by atoms with Gasteiger partial charge in [0.05, 0.1) is 8.66 Å². The van der Waals surface area contributed by atoms with E-state index in [0.717, 1.165) is 19.8 Å². The first-order valence-corrected chi connectivity index (χ1v) is 8.50. The molecule has 5 nitrogen and oxygen atoms in total. The van der Waals surface area contributed by atoms with Crippen LogP contribution in [0.4, 0.5) is 5.88 Å².